The molecule has 0 aliphatic carbocycles. The Kier molecular flexibility index (Phi) is 3.57. The minimum Gasteiger partial charge on any atom is -0.476 e. The number of hydrogen-bond donors (Lipinski definition) is 1. The van der Waals surface area contributed by atoms with E-state index >= 15 is 0 Å². The van der Waals surface area contributed by atoms with Gasteiger partial charge in [-0.1, -0.05) is 23.7 Å². The summed E-state index contributed by atoms with van der Waals surface area (Å²) >= 11 is 6.17. The highest BCUT2D eigenvalue weighted by Gasteiger charge is 2.19. The Bertz CT molecular complexity index is 631. The Labute approximate surface area is 114 Å². The molecule has 0 radical (unpaired) electrons. The van der Waals surface area contributed by atoms with Crippen LogP contribution in [0.15, 0.2) is 0 Å². The van der Waals surface area contributed by atoms with E-state index in [1.807, 2.05) is 13.8 Å². The average molecular weight is 284 g/mol. The minimum atomic E-state index is -1.07. The second kappa shape index (κ2) is 5.00. The number of aromatic carboxylic acids is 1. The van der Waals surface area contributed by atoms with Gasteiger partial charge in [-0.2, -0.15) is 5.10 Å². The summed E-state index contributed by atoms with van der Waals surface area (Å²) in [4.78, 5) is 11.0. The number of carboxylic acids is 1. The molecule has 0 amide bonds. The lowest BCUT2D eigenvalue weighted by Gasteiger charge is -2.06. The van der Waals surface area contributed by atoms with Crippen LogP contribution in [0.1, 0.15) is 34.5 Å². The number of aromatic nitrogens is 5. The summed E-state index contributed by atoms with van der Waals surface area (Å²) in [5.41, 5.74) is 2.06. The van der Waals surface area contributed by atoms with Crippen LogP contribution in [0.3, 0.4) is 0 Å². The van der Waals surface area contributed by atoms with Gasteiger partial charge in [0.25, 0.3) is 0 Å². The fourth-order valence-corrected chi connectivity index (χ4v) is 2.19. The van der Waals surface area contributed by atoms with Gasteiger partial charge in [-0.3, -0.25) is 4.68 Å². The Morgan fingerprint density at radius 3 is 2.58 bits per heavy atom. The van der Waals surface area contributed by atoms with Gasteiger partial charge in [-0.05, 0) is 13.3 Å². The fourth-order valence-electron chi connectivity index (χ4n) is 1.97. The van der Waals surface area contributed by atoms with Crippen LogP contribution < -0.4 is 0 Å². The molecule has 7 nitrogen and oxygen atoms in total. The highest BCUT2D eigenvalue weighted by atomic mass is 35.5. The van der Waals surface area contributed by atoms with Crippen LogP contribution in [0.25, 0.3) is 0 Å². The molecule has 8 heteroatoms. The first-order valence-corrected chi connectivity index (χ1v) is 6.17. The summed E-state index contributed by atoms with van der Waals surface area (Å²) in [5.74, 6) is -1.07. The van der Waals surface area contributed by atoms with Gasteiger partial charge in [-0.15, -0.1) is 5.10 Å². The van der Waals surface area contributed by atoms with Gasteiger partial charge in [-0.25, -0.2) is 9.48 Å². The molecule has 0 saturated heterocycles. The monoisotopic (exact) mass is 283 g/mol. The number of aryl methyl sites for hydroxylation is 2. The molecule has 0 spiro atoms. The molecule has 2 aromatic rings. The summed E-state index contributed by atoms with van der Waals surface area (Å²) in [5, 5.41) is 21.4. The van der Waals surface area contributed by atoms with Crippen molar-refractivity contribution in [3.05, 3.63) is 27.8 Å². The van der Waals surface area contributed by atoms with Gasteiger partial charge in [0, 0.05) is 7.05 Å². The zero-order valence-corrected chi connectivity index (χ0v) is 11.6. The smallest absolute Gasteiger partial charge is 0.358 e. The molecule has 0 aliphatic heterocycles. The molecule has 1 N–H and O–H groups in total. The zero-order chi connectivity index (χ0) is 14.2. The van der Waals surface area contributed by atoms with Gasteiger partial charge in [0.1, 0.15) is 0 Å². The molecule has 2 heterocycles. The van der Waals surface area contributed by atoms with Crippen LogP contribution in [-0.4, -0.2) is 35.9 Å². The first-order valence-electron chi connectivity index (χ1n) is 5.79. The molecule has 2 aromatic heterocycles. The third kappa shape index (κ3) is 2.33. The lowest BCUT2D eigenvalue weighted by atomic mass is 10.2. The van der Waals surface area contributed by atoms with Crippen LogP contribution in [-0.2, 0) is 20.0 Å². The Morgan fingerprint density at radius 1 is 1.42 bits per heavy atom. The Morgan fingerprint density at radius 2 is 2.11 bits per heavy atom. The summed E-state index contributed by atoms with van der Waals surface area (Å²) < 4.78 is 3.21. The van der Waals surface area contributed by atoms with Gasteiger partial charge >= 0.3 is 5.97 Å². The number of hydrogen-bond acceptors (Lipinski definition) is 4. The highest BCUT2D eigenvalue weighted by molar-refractivity contribution is 6.31. The standard InChI is InChI=1S/C11H14ClN5O2/c1-4-7-10(11(18)19)13-15-17(7)5-8-9(12)6(2)14-16(8)3/h4-5H2,1-3H3,(H,18,19). The van der Waals surface area contributed by atoms with Crippen molar-refractivity contribution in [2.24, 2.45) is 7.05 Å². The van der Waals surface area contributed by atoms with Crippen molar-refractivity contribution in [3.63, 3.8) is 0 Å². The maximum Gasteiger partial charge on any atom is 0.358 e. The van der Waals surface area contributed by atoms with Gasteiger partial charge in [0.2, 0.25) is 0 Å². The number of carboxylic acid groups (broad SMARTS) is 1. The molecular weight excluding hydrogens is 270 g/mol. The van der Waals surface area contributed by atoms with Crippen LogP contribution in [0.2, 0.25) is 5.02 Å². The second-order valence-corrected chi connectivity index (χ2v) is 4.55. The van der Waals surface area contributed by atoms with E-state index in [0.717, 1.165) is 11.4 Å². The molecule has 19 heavy (non-hydrogen) atoms. The van der Waals surface area contributed by atoms with Crippen molar-refractivity contribution in [1.29, 1.82) is 0 Å². The van der Waals surface area contributed by atoms with Crippen molar-refractivity contribution < 1.29 is 9.90 Å². The predicted octanol–water partition coefficient (Wildman–Crippen LogP) is 1.28. The van der Waals surface area contributed by atoms with Crippen molar-refractivity contribution in [1.82, 2.24) is 24.8 Å². The first-order chi connectivity index (χ1) is 8.95. The van der Waals surface area contributed by atoms with E-state index < -0.39 is 5.97 Å². The molecule has 0 saturated carbocycles. The van der Waals surface area contributed by atoms with E-state index in [9.17, 15) is 4.79 Å². The van der Waals surface area contributed by atoms with E-state index in [1.54, 1.807) is 16.4 Å². The molecule has 0 aliphatic rings. The molecule has 0 bridgehead atoms. The number of carbonyl (C=O) groups is 1. The molecule has 2 rings (SSSR count). The van der Waals surface area contributed by atoms with Crippen LogP contribution in [0.5, 0.6) is 0 Å². The quantitative estimate of drug-likeness (QED) is 0.913. The third-order valence-electron chi connectivity index (χ3n) is 2.94. The molecule has 102 valence electrons. The lowest BCUT2D eigenvalue weighted by molar-refractivity contribution is 0.0689. The van der Waals surface area contributed by atoms with E-state index in [0.29, 0.717) is 23.7 Å². The van der Waals surface area contributed by atoms with Crippen molar-refractivity contribution in [3.8, 4) is 0 Å². The SMILES string of the molecule is CCc1c(C(=O)O)nnn1Cc1c(Cl)c(C)nn1C. The third-order valence-corrected chi connectivity index (χ3v) is 3.43. The molecule has 0 atom stereocenters. The van der Waals surface area contributed by atoms with Crippen LogP contribution in [0.4, 0.5) is 0 Å². The van der Waals surface area contributed by atoms with E-state index in [1.165, 1.54) is 0 Å². The number of halogens is 1. The molecule has 0 unspecified atom stereocenters. The largest absolute Gasteiger partial charge is 0.476 e. The number of nitrogens with zero attached hydrogens (tertiary/aromatic N) is 5. The van der Waals surface area contributed by atoms with E-state index in [4.69, 9.17) is 16.7 Å². The molecule has 0 fully saturated rings. The summed E-state index contributed by atoms with van der Waals surface area (Å²) in [6.45, 7) is 4.02. The minimum absolute atomic E-state index is 0.0162. The first kappa shape index (κ1) is 13.5. The summed E-state index contributed by atoms with van der Waals surface area (Å²) in [6, 6.07) is 0. The zero-order valence-electron chi connectivity index (χ0n) is 10.9. The molecular formula is C11H14ClN5O2. The summed E-state index contributed by atoms with van der Waals surface area (Å²) in [6.07, 6.45) is 0.531. The average Bonchev–Trinajstić information content (AvgIpc) is 2.86. The lowest BCUT2D eigenvalue weighted by Crippen LogP contribution is -2.11. The van der Waals surface area contributed by atoms with Gasteiger partial charge in [0.15, 0.2) is 5.69 Å². The van der Waals surface area contributed by atoms with Crippen molar-refractivity contribution in [2.75, 3.05) is 0 Å². The van der Waals surface area contributed by atoms with Crippen molar-refractivity contribution in [2.45, 2.75) is 26.8 Å². The highest BCUT2D eigenvalue weighted by Crippen LogP contribution is 2.21. The van der Waals surface area contributed by atoms with E-state index in [2.05, 4.69) is 15.4 Å². The van der Waals surface area contributed by atoms with Crippen LogP contribution >= 0.6 is 11.6 Å². The van der Waals surface area contributed by atoms with Crippen molar-refractivity contribution >= 4 is 17.6 Å². The van der Waals surface area contributed by atoms with E-state index in [-0.39, 0.29) is 5.69 Å². The maximum atomic E-state index is 11.0. The topological polar surface area (TPSA) is 85.8 Å². The fraction of sp³-hybridized carbons (Fsp3) is 0.455. The Balaban J connectivity index is 2.41. The maximum absolute atomic E-state index is 11.0. The number of rotatable bonds is 4. The summed E-state index contributed by atoms with van der Waals surface area (Å²) in [7, 11) is 1.79. The Hall–Kier alpha value is -1.89. The second-order valence-electron chi connectivity index (χ2n) is 4.17. The predicted molar refractivity (Wildman–Crippen MR) is 68.4 cm³/mol. The van der Waals surface area contributed by atoms with Gasteiger partial charge in [0.05, 0.1) is 28.6 Å². The van der Waals surface area contributed by atoms with Gasteiger partial charge < -0.3 is 5.11 Å². The normalized spacial score (nSPS) is 10.9. The van der Waals surface area contributed by atoms with Crippen LogP contribution in [0, 0.1) is 6.92 Å². The molecule has 0 aromatic carbocycles.